The van der Waals surface area contributed by atoms with Gasteiger partial charge in [0, 0.05) is 24.8 Å². The zero-order chi connectivity index (χ0) is 20.4. The summed E-state index contributed by atoms with van der Waals surface area (Å²) in [6.07, 6.45) is 2.25. The van der Waals surface area contributed by atoms with E-state index in [1.165, 1.54) is 10.8 Å². The van der Waals surface area contributed by atoms with Crippen molar-refractivity contribution < 1.29 is 9.53 Å². The van der Waals surface area contributed by atoms with E-state index in [4.69, 9.17) is 9.72 Å². The SMILES string of the molecule is CC(C)(C)OC(=O)N[C@H]1CCN(c2nccc(-c3ccc4ccccc4c3)n2)C1. The van der Waals surface area contributed by atoms with Crippen LogP contribution in [0, 0.1) is 0 Å². The number of nitrogens with zero attached hydrogens (tertiary/aromatic N) is 3. The molecular formula is C23H26N4O2. The molecular weight excluding hydrogens is 364 g/mol. The number of hydrogen-bond donors (Lipinski definition) is 1. The molecule has 1 aliphatic rings. The average molecular weight is 390 g/mol. The molecule has 1 N–H and O–H groups in total. The van der Waals surface area contributed by atoms with Gasteiger partial charge in [-0.1, -0.05) is 36.4 Å². The highest BCUT2D eigenvalue weighted by Gasteiger charge is 2.27. The largest absolute Gasteiger partial charge is 0.444 e. The summed E-state index contributed by atoms with van der Waals surface area (Å²) in [6.45, 7) is 7.04. The minimum absolute atomic E-state index is 0.0257. The van der Waals surface area contributed by atoms with E-state index in [2.05, 4.69) is 45.5 Å². The van der Waals surface area contributed by atoms with E-state index in [9.17, 15) is 4.79 Å². The third kappa shape index (κ3) is 4.65. The lowest BCUT2D eigenvalue weighted by Crippen LogP contribution is -2.40. The lowest BCUT2D eigenvalue weighted by atomic mass is 10.1. The Labute approximate surface area is 170 Å². The highest BCUT2D eigenvalue weighted by molar-refractivity contribution is 5.86. The number of hydrogen-bond acceptors (Lipinski definition) is 5. The van der Waals surface area contributed by atoms with E-state index in [-0.39, 0.29) is 12.1 Å². The fourth-order valence-electron chi connectivity index (χ4n) is 3.54. The Morgan fingerprint density at radius 3 is 2.72 bits per heavy atom. The maximum atomic E-state index is 12.0. The van der Waals surface area contributed by atoms with Gasteiger partial charge in [-0.05, 0) is 50.1 Å². The zero-order valence-electron chi connectivity index (χ0n) is 17.1. The van der Waals surface area contributed by atoms with E-state index >= 15 is 0 Å². The van der Waals surface area contributed by atoms with Crippen LogP contribution >= 0.6 is 0 Å². The molecule has 0 radical (unpaired) electrons. The Morgan fingerprint density at radius 2 is 1.93 bits per heavy atom. The summed E-state index contributed by atoms with van der Waals surface area (Å²) in [6, 6.07) is 16.6. The Kier molecular flexibility index (Phi) is 5.09. The van der Waals surface area contributed by atoms with E-state index in [1.807, 2.05) is 39.0 Å². The minimum Gasteiger partial charge on any atom is -0.444 e. The highest BCUT2D eigenvalue weighted by atomic mass is 16.6. The minimum atomic E-state index is -0.500. The summed E-state index contributed by atoms with van der Waals surface area (Å²) in [5.41, 5.74) is 1.46. The van der Waals surface area contributed by atoms with Crippen LogP contribution in [0.25, 0.3) is 22.0 Å². The highest BCUT2D eigenvalue weighted by Crippen LogP contribution is 2.25. The molecule has 1 aromatic heterocycles. The summed E-state index contributed by atoms with van der Waals surface area (Å²) in [4.78, 5) is 23.4. The smallest absolute Gasteiger partial charge is 0.407 e. The fraction of sp³-hybridized carbons (Fsp3) is 0.348. The monoisotopic (exact) mass is 390 g/mol. The second-order valence-electron chi connectivity index (χ2n) is 8.38. The molecule has 1 atom stereocenters. The lowest BCUT2D eigenvalue weighted by Gasteiger charge is -2.22. The molecule has 1 saturated heterocycles. The number of carbonyl (C=O) groups is 1. The van der Waals surface area contributed by atoms with Crippen molar-refractivity contribution in [2.24, 2.45) is 0 Å². The van der Waals surface area contributed by atoms with Gasteiger partial charge in [-0.2, -0.15) is 0 Å². The average Bonchev–Trinajstić information content (AvgIpc) is 3.14. The van der Waals surface area contributed by atoms with Crippen molar-refractivity contribution in [3.63, 3.8) is 0 Å². The van der Waals surface area contributed by atoms with Crippen molar-refractivity contribution in [1.29, 1.82) is 0 Å². The molecule has 1 aliphatic heterocycles. The molecule has 0 spiro atoms. The van der Waals surface area contributed by atoms with Gasteiger partial charge >= 0.3 is 6.09 Å². The van der Waals surface area contributed by atoms with E-state index in [1.54, 1.807) is 6.20 Å². The molecule has 0 unspecified atom stereocenters. The zero-order valence-corrected chi connectivity index (χ0v) is 17.1. The van der Waals surface area contributed by atoms with Crippen LogP contribution in [0.4, 0.5) is 10.7 Å². The molecule has 2 heterocycles. The molecule has 0 aliphatic carbocycles. The third-order valence-electron chi connectivity index (χ3n) is 4.88. The van der Waals surface area contributed by atoms with Crippen molar-refractivity contribution >= 4 is 22.8 Å². The maximum absolute atomic E-state index is 12.0. The van der Waals surface area contributed by atoms with Gasteiger partial charge in [-0.3, -0.25) is 0 Å². The number of ether oxygens (including phenoxy) is 1. The molecule has 29 heavy (non-hydrogen) atoms. The quantitative estimate of drug-likeness (QED) is 0.718. The van der Waals surface area contributed by atoms with Crippen molar-refractivity contribution in [2.45, 2.75) is 38.8 Å². The van der Waals surface area contributed by atoms with Gasteiger partial charge < -0.3 is 15.0 Å². The molecule has 1 fully saturated rings. The van der Waals surface area contributed by atoms with Gasteiger partial charge in [0.25, 0.3) is 0 Å². The molecule has 1 amide bonds. The van der Waals surface area contributed by atoms with Crippen LogP contribution in [-0.2, 0) is 4.74 Å². The number of anilines is 1. The Balaban J connectivity index is 1.47. The van der Waals surface area contributed by atoms with Crippen LogP contribution in [-0.4, -0.2) is 40.8 Å². The Morgan fingerprint density at radius 1 is 1.14 bits per heavy atom. The molecule has 6 heteroatoms. The van der Waals surface area contributed by atoms with Gasteiger partial charge in [0.2, 0.25) is 5.95 Å². The second-order valence-corrected chi connectivity index (χ2v) is 8.38. The van der Waals surface area contributed by atoms with Crippen LogP contribution < -0.4 is 10.2 Å². The number of amides is 1. The van der Waals surface area contributed by atoms with Crippen LogP contribution in [0.5, 0.6) is 0 Å². The van der Waals surface area contributed by atoms with Crippen molar-refractivity contribution in [1.82, 2.24) is 15.3 Å². The predicted molar refractivity (Wildman–Crippen MR) is 115 cm³/mol. The topological polar surface area (TPSA) is 67.3 Å². The lowest BCUT2D eigenvalue weighted by molar-refractivity contribution is 0.0509. The van der Waals surface area contributed by atoms with E-state index < -0.39 is 5.60 Å². The molecule has 0 saturated carbocycles. The standard InChI is InChI=1S/C23H26N4O2/c1-23(2,3)29-22(28)25-19-11-13-27(15-19)21-24-12-10-20(26-21)18-9-8-16-6-4-5-7-17(16)14-18/h4-10,12,14,19H,11,13,15H2,1-3H3,(H,25,28)/t19-/m0/s1. The van der Waals surface area contributed by atoms with Gasteiger partial charge in [-0.15, -0.1) is 0 Å². The number of nitrogens with one attached hydrogen (secondary N) is 1. The molecule has 0 bridgehead atoms. The van der Waals surface area contributed by atoms with Crippen LogP contribution in [0.2, 0.25) is 0 Å². The second kappa shape index (κ2) is 7.70. The molecule has 2 aromatic carbocycles. The molecule has 6 nitrogen and oxygen atoms in total. The summed E-state index contributed by atoms with van der Waals surface area (Å²) in [5.74, 6) is 0.684. The summed E-state index contributed by atoms with van der Waals surface area (Å²) < 4.78 is 5.35. The molecule has 4 rings (SSSR count). The number of aromatic nitrogens is 2. The first-order valence-corrected chi connectivity index (χ1v) is 9.94. The number of carbonyl (C=O) groups excluding carboxylic acids is 1. The Hall–Kier alpha value is -3.15. The number of rotatable bonds is 3. The van der Waals surface area contributed by atoms with Crippen molar-refractivity contribution in [3.05, 3.63) is 54.7 Å². The molecule has 150 valence electrons. The first-order chi connectivity index (χ1) is 13.9. The predicted octanol–water partition coefficient (Wildman–Crippen LogP) is 4.40. The van der Waals surface area contributed by atoms with E-state index in [0.29, 0.717) is 12.5 Å². The van der Waals surface area contributed by atoms with Crippen molar-refractivity contribution in [3.8, 4) is 11.3 Å². The van der Waals surface area contributed by atoms with Gasteiger partial charge in [0.15, 0.2) is 0 Å². The molecule has 3 aromatic rings. The van der Waals surface area contributed by atoms with Crippen molar-refractivity contribution in [2.75, 3.05) is 18.0 Å². The maximum Gasteiger partial charge on any atom is 0.407 e. The first kappa shape index (κ1) is 19.2. The van der Waals surface area contributed by atoms with Crippen LogP contribution in [0.3, 0.4) is 0 Å². The van der Waals surface area contributed by atoms with Gasteiger partial charge in [0.1, 0.15) is 5.60 Å². The van der Waals surface area contributed by atoms with Crippen LogP contribution in [0.1, 0.15) is 27.2 Å². The number of alkyl carbamates (subject to hydrolysis) is 1. The van der Waals surface area contributed by atoms with Crippen LogP contribution in [0.15, 0.2) is 54.7 Å². The van der Waals surface area contributed by atoms with E-state index in [0.717, 1.165) is 24.2 Å². The first-order valence-electron chi connectivity index (χ1n) is 9.94. The summed E-state index contributed by atoms with van der Waals surface area (Å²) in [7, 11) is 0. The van der Waals surface area contributed by atoms with Gasteiger partial charge in [-0.25, -0.2) is 14.8 Å². The Bertz CT molecular complexity index is 1030. The number of fused-ring (bicyclic) bond motifs is 1. The third-order valence-corrected chi connectivity index (χ3v) is 4.88. The summed E-state index contributed by atoms with van der Waals surface area (Å²) >= 11 is 0. The number of benzene rings is 2. The summed E-state index contributed by atoms with van der Waals surface area (Å²) in [5, 5.41) is 5.34. The van der Waals surface area contributed by atoms with Gasteiger partial charge in [0.05, 0.1) is 11.7 Å². The normalized spacial score (nSPS) is 16.8. The fourth-order valence-corrected chi connectivity index (χ4v) is 3.54.